The van der Waals surface area contributed by atoms with Gasteiger partial charge in [0.2, 0.25) is 11.8 Å². The number of carbonyl (C=O) groups is 2. The summed E-state index contributed by atoms with van der Waals surface area (Å²) in [4.78, 5) is 37.1. The number of rotatable bonds is 6. The van der Waals surface area contributed by atoms with Crippen molar-refractivity contribution in [2.75, 3.05) is 79.7 Å². The highest BCUT2D eigenvalue weighted by atomic mass is 127. The first-order chi connectivity index (χ1) is 15.0. The summed E-state index contributed by atoms with van der Waals surface area (Å²) < 4.78 is 5.33. The van der Waals surface area contributed by atoms with Crippen molar-refractivity contribution in [2.45, 2.75) is 6.54 Å². The fourth-order valence-electron chi connectivity index (χ4n) is 3.55. The number of hydrogen-bond acceptors (Lipinski definition) is 5. The van der Waals surface area contributed by atoms with Gasteiger partial charge in [-0.15, -0.1) is 24.0 Å². The maximum absolute atomic E-state index is 12.5. The Balaban J connectivity index is 0.00000363. The van der Waals surface area contributed by atoms with Crippen LogP contribution in [0.5, 0.6) is 0 Å². The topological polar surface area (TPSA) is 80.7 Å². The largest absolute Gasteiger partial charge is 0.378 e. The highest BCUT2D eigenvalue weighted by molar-refractivity contribution is 14.0. The third-order valence-corrected chi connectivity index (χ3v) is 5.55. The van der Waals surface area contributed by atoms with E-state index >= 15 is 0 Å². The van der Waals surface area contributed by atoms with Crippen molar-refractivity contribution in [3.63, 3.8) is 0 Å². The highest BCUT2D eigenvalue weighted by Gasteiger charge is 2.24. The molecule has 3 rings (SSSR count). The molecule has 9 nitrogen and oxygen atoms in total. The van der Waals surface area contributed by atoms with E-state index in [1.165, 1.54) is 0 Å². The molecule has 1 aromatic rings. The van der Waals surface area contributed by atoms with E-state index in [1.54, 1.807) is 19.0 Å². The lowest BCUT2D eigenvalue weighted by atomic mass is 10.2. The lowest BCUT2D eigenvalue weighted by molar-refractivity contribution is -0.136. The number of aliphatic imine (C=N–C) groups is 1. The first-order valence-electron chi connectivity index (χ1n) is 10.9. The summed E-state index contributed by atoms with van der Waals surface area (Å²) in [6.45, 7) is 6.88. The van der Waals surface area contributed by atoms with Crippen molar-refractivity contribution in [2.24, 2.45) is 4.99 Å². The van der Waals surface area contributed by atoms with Gasteiger partial charge in [-0.3, -0.25) is 14.5 Å². The molecule has 0 spiro atoms. The summed E-state index contributed by atoms with van der Waals surface area (Å²) in [7, 11) is 3.49. The Morgan fingerprint density at radius 3 is 2.28 bits per heavy atom. The Bertz CT molecular complexity index is 747. The van der Waals surface area contributed by atoms with Gasteiger partial charge in [-0.05, 0) is 5.56 Å². The molecule has 0 aliphatic carbocycles. The molecule has 1 N–H and O–H groups in total. The number of nitrogens with one attached hydrogen (secondary N) is 1. The zero-order valence-corrected chi connectivity index (χ0v) is 21.4. The van der Waals surface area contributed by atoms with Gasteiger partial charge in [-0.1, -0.05) is 30.3 Å². The van der Waals surface area contributed by atoms with Crippen molar-refractivity contribution in [3.8, 4) is 0 Å². The van der Waals surface area contributed by atoms with Crippen LogP contribution in [0.25, 0.3) is 0 Å². The Morgan fingerprint density at radius 1 is 1.00 bits per heavy atom. The number of hydrogen-bond donors (Lipinski definition) is 1. The molecule has 32 heavy (non-hydrogen) atoms. The molecular formula is C22H35IN6O3. The van der Waals surface area contributed by atoms with E-state index in [4.69, 9.17) is 9.73 Å². The summed E-state index contributed by atoms with van der Waals surface area (Å²) in [6.07, 6.45) is 0. The maximum atomic E-state index is 12.5. The van der Waals surface area contributed by atoms with Crippen LogP contribution < -0.4 is 5.32 Å². The van der Waals surface area contributed by atoms with Crippen LogP contribution in [0.3, 0.4) is 0 Å². The van der Waals surface area contributed by atoms with Crippen molar-refractivity contribution in [1.29, 1.82) is 0 Å². The Hall–Kier alpha value is -1.92. The van der Waals surface area contributed by atoms with Gasteiger partial charge in [0.05, 0.1) is 32.8 Å². The highest BCUT2D eigenvalue weighted by Crippen LogP contribution is 2.07. The average Bonchev–Trinajstić information content (AvgIpc) is 2.80. The molecule has 2 fully saturated rings. The Morgan fingerprint density at radius 2 is 1.66 bits per heavy atom. The molecule has 1 aromatic carbocycles. The van der Waals surface area contributed by atoms with Crippen molar-refractivity contribution in [1.82, 2.24) is 24.9 Å². The van der Waals surface area contributed by atoms with Gasteiger partial charge in [0, 0.05) is 53.4 Å². The summed E-state index contributed by atoms with van der Waals surface area (Å²) in [5.41, 5.74) is 1.12. The zero-order valence-electron chi connectivity index (χ0n) is 19.0. The average molecular weight is 558 g/mol. The quantitative estimate of drug-likeness (QED) is 0.308. The van der Waals surface area contributed by atoms with Crippen LogP contribution in [0.4, 0.5) is 0 Å². The smallest absolute Gasteiger partial charge is 0.241 e. The second-order valence-electron chi connectivity index (χ2n) is 8.02. The van der Waals surface area contributed by atoms with Gasteiger partial charge in [0.15, 0.2) is 5.96 Å². The number of halogens is 1. The van der Waals surface area contributed by atoms with E-state index in [0.717, 1.165) is 37.7 Å². The number of carbonyl (C=O) groups excluding carboxylic acids is 2. The van der Waals surface area contributed by atoms with E-state index in [9.17, 15) is 9.59 Å². The van der Waals surface area contributed by atoms with Crippen LogP contribution in [0.1, 0.15) is 5.56 Å². The summed E-state index contributed by atoms with van der Waals surface area (Å²) in [5.74, 6) is 0.907. The fourth-order valence-corrected chi connectivity index (χ4v) is 3.55. The molecule has 10 heteroatoms. The third-order valence-electron chi connectivity index (χ3n) is 5.55. The van der Waals surface area contributed by atoms with Crippen molar-refractivity contribution < 1.29 is 14.3 Å². The number of piperazine rings is 1. The second kappa shape index (κ2) is 13.6. The minimum absolute atomic E-state index is 0. The van der Waals surface area contributed by atoms with E-state index < -0.39 is 0 Å². The van der Waals surface area contributed by atoms with E-state index in [0.29, 0.717) is 39.4 Å². The van der Waals surface area contributed by atoms with E-state index in [-0.39, 0.29) is 42.3 Å². The van der Waals surface area contributed by atoms with Gasteiger partial charge < -0.3 is 24.8 Å². The molecule has 2 aliphatic heterocycles. The second-order valence-corrected chi connectivity index (χ2v) is 8.02. The standard InChI is InChI=1S/C22H34N6O3.HI/c1-25(2)20(29)17-24-22(23-16-19-6-4-3-5-7-19)28-10-8-26(9-11-28)18-21(30)27-12-14-31-15-13-27;/h3-7H,8-18H2,1-2H3,(H,23,24);1H. The number of guanidine groups is 1. The number of benzene rings is 1. The minimum Gasteiger partial charge on any atom is -0.378 e. The van der Waals surface area contributed by atoms with Crippen LogP contribution in [0, 0.1) is 0 Å². The van der Waals surface area contributed by atoms with Crippen LogP contribution in [0.2, 0.25) is 0 Å². The molecule has 0 saturated carbocycles. The normalized spacial score (nSPS) is 17.5. The van der Waals surface area contributed by atoms with Gasteiger partial charge >= 0.3 is 0 Å². The van der Waals surface area contributed by atoms with Crippen molar-refractivity contribution >= 4 is 41.8 Å². The van der Waals surface area contributed by atoms with Crippen LogP contribution in [-0.2, 0) is 20.9 Å². The molecule has 2 aliphatic rings. The number of likely N-dealkylation sites (N-methyl/N-ethyl adjacent to an activating group) is 1. The molecule has 0 atom stereocenters. The predicted molar refractivity (Wildman–Crippen MR) is 135 cm³/mol. The first kappa shape index (κ1) is 26.3. The van der Waals surface area contributed by atoms with Crippen LogP contribution >= 0.6 is 24.0 Å². The molecule has 0 radical (unpaired) electrons. The number of nitrogens with zero attached hydrogens (tertiary/aromatic N) is 5. The van der Waals surface area contributed by atoms with Crippen molar-refractivity contribution in [3.05, 3.63) is 35.9 Å². The SMILES string of the molecule is CN(C)C(=O)CNC(=NCc1ccccc1)N1CCN(CC(=O)N2CCOCC2)CC1.I. The molecule has 2 amide bonds. The van der Waals surface area contributed by atoms with Crippen LogP contribution in [0.15, 0.2) is 35.3 Å². The van der Waals surface area contributed by atoms with Gasteiger partial charge in [0.1, 0.15) is 0 Å². The molecule has 0 bridgehead atoms. The lowest BCUT2D eigenvalue weighted by Crippen LogP contribution is -2.55. The first-order valence-corrected chi connectivity index (χ1v) is 10.9. The summed E-state index contributed by atoms with van der Waals surface area (Å²) >= 11 is 0. The summed E-state index contributed by atoms with van der Waals surface area (Å²) in [6, 6.07) is 10.1. The number of amides is 2. The maximum Gasteiger partial charge on any atom is 0.241 e. The molecule has 0 unspecified atom stereocenters. The molecule has 0 aromatic heterocycles. The number of ether oxygens (including phenoxy) is 1. The third kappa shape index (κ3) is 8.21. The fraction of sp³-hybridized carbons (Fsp3) is 0.591. The monoisotopic (exact) mass is 558 g/mol. The molecular weight excluding hydrogens is 523 g/mol. The lowest BCUT2D eigenvalue weighted by Gasteiger charge is -2.37. The zero-order chi connectivity index (χ0) is 22.1. The van der Waals surface area contributed by atoms with E-state index in [2.05, 4.69) is 15.1 Å². The molecule has 178 valence electrons. The van der Waals surface area contributed by atoms with Crippen LogP contribution in [-0.4, -0.2) is 117 Å². The summed E-state index contributed by atoms with van der Waals surface area (Å²) in [5, 5.41) is 3.23. The molecule has 2 heterocycles. The minimum atomic E-state index is 0. The molecule has 2 saturated heterocycles. The van der Waals surface area contributed by atoms with E-state index in [1.807, 2.05) is 35.2 Å². The number of morpholine rings is 1. The van der Waals surface area contributed by atoms with Gasteiger partial charge in [0.25, 0.3) is 0 Å². The van der Waals surface area contributed by atoms with Gasteiger partial charge in [-0.2, -0.15) is 0 Å². The van der Waals surface area contributed by atoms with Gasteiger partial charge in [-0.25, -0.2) is 4.99 Å². The predicted octanol–water partition coefficient (Wildman–Crippen LogP) is 0.315. The Labute approximate surface area is 207 Å². The Kier molecular flexibility index (Phi) is 11.2.